The third-order valence-electron chi connectivity index (χ3n) is 5.52. The highest BCUT2D eigenvalue weighted by Crippen LogP contribution is 2.35. The summed E-state index contributed by atoms with van der Waals surface area (Å²) < 4.78 is 11.1. The molecule has 1 N–H and O–H groups in total. The van der Waals surface area contributed by atoms with E-state index in [0.29, 0.717) is 24.9 Å². The SMILES string of the molecule is CC(C)C.CCO.CCc1ccc(-c2cc(C(C)C)c(CC(=O)OC(C)(C)C)c(C(C)C)c2)cc1COC. The van der Waals surface area contributed by atoms with Gasteiger partial charge in [0.25, 0.3) is 0 Å². The average Bonchev–Trinajstić information content (AvgIpc) is 2.78. The second-order valence-electron chi connectivity index (χ2n) is 12.0. The molecule has 0 radical (unpaired) electrons. The lowest BCUT2D eigenvalue weighted by Gasteiger charge is -2.24. The highest BCUT2D eigenvalue weighted by molar-refractivity contribution is 5.76. The molecule has 0 atom stereocenters. The fourth-order valence-corrected chi connectivity index (χ4v) is 4.08. The predicted octanol–water partition coefficient (Wildman–Crippen LogP) is 8.85. The molecule has 0 aliphatic rings. The lowest BCUT2D eigenvalue weighted by molar-refractivity contribution is -0.153. The summed E-state index contributed by atoms with van der Waals surface area (Å²) in [5.74, 6) is 1.28. The molecule has 0 saturated carbocycles. The van der Waals surface area contributed by atoms with Crippen molar-refractivity contribution in [3.05, 3.63) is 58.1 Å². The zero-order chi connectivity index (χ0) is 29.6. The fourth-order valence-electron chi connectivity index (χ4n) is 4.08. The first-order valence-corrected chi connectivity index (χ1v) is 14.2. The summed E-state index contributed by atoms with van der Waals surface area (Å²) in [6.45, 7) is 25.7. The van der Waals surface area contributed by atoms with Crippen molar-refractivity contribution in [1.29, 1.82) is 0 Å². The minimum Gasteiger partial charge on any atom is -0.460 e. The molecular formula is C34H56O4. The normalized spacial score (nSPS) is 11.2. The van der Waals surface area contributed by atoms with E-state index in [2.05, 4.69) is 85.7 Å². The molecule has 0 amide bonds. The van der Waals surface area contributed by atoms with Gasteiger partial charge in [-0.1, -0.05) is 79.7 Å². The molecule has 0 unspecified atom stereocenters. The molecule has 0 aliphatic carbocycles. The van der Waals surface area contributed by atoms with Crippen molar-refractivity contribution in [1.82, 2.24) is 0 Å². The molecule has 0 fully saturated rings. The molecule has 0 saturated heterocycles. The largest absolute Gasteiger partial charge is 0.460 e. The quantitative estimate of drug-likeness (QED) is 0.348. The molecule has 4 nitrogen and oxygen atoms in total. The topological polar surface area (TPSA) is 55.8 Å². The van der Waals surface area contributed by atoms with Crippen LogP contribution in [-0.4, -0.2) is 30.4 Å². The molecule has 38 heavy (non-hydrogen) atoms. The minimum atomic E-state index is -0.480. The predicted molar refractivity (Wildman–Crippen MR) is 163 cm³/mol. The number of hydrogen-bond acceptors (Lipinski definition) is 4. The second-order valence-corrected chi connectivity index (χ2v) is 12.0. The summed E-state index contributed by atoms with van der Waals surface area (Å²) in [4.78, 5) is 12.7. The number of aryl methyl sites for hydroxylation is 1. The third kappa shape index (κ3) is 13.1. The summed E-state index contributed by atoms with van der Waals surface area (Å²) >= 11 is 0. The minimum absolute atomic E-state index is 0.168. The van der Waals surface area contributed by atoms with E-state index in [1.807, 2.05) is 20.8 Å². The van der Waals surface area contributed by atoms with Gasteiger partial charge in [0.05, 0.1) is 13.0 Å². The number of carbonyl (C=O) groups is 1. The molecule has 2 aromatic rings. The first kappa shape index (κ1) is 35.8. The highest BCUT2D eigenvalue weighted by Gasteiger charge is 2.22. The van der Waals surface area contributed by atoms with Crippen LogP contribution in [-0.2, 0) is 33.7 Å². The Morgan fingerprint density at radius 3 is 1.68 bits per heavy atom. The van der Waals surface area contributed by atoms with E-state index in [1.54, 1.807) is 14.0 Å². The van der Waals surface area contributed by atoms with Gasteiger partial charge in [-0.3, -0.25) is 4.79 Å². The van der Waals surface area contributed by atoms with Crippen molar-refractivity contribution in [3.8, 4) is 11.1 Å². The van der Waals surface area contributed by atoms with Gasteiger partial charge in [0.15, 0.2) is 0 Å². The monoisotopic (exact) mass is 528 g/mol. The average molecular weight is 529 g/mol. The van der Waals surface area contributed by atoms with Gasteiger partial charge in [0, 0.05) is 13.7 Å². The number of hydrogen-bond donors (Lipinski definition) is 1. The van der Waals surface area contributed by atoms with E-state index in [1.165, 1.54) is 33.4 Å². The van der Waals surface area contributed by atoms with Gasteiger partial charge < -0.3 is 14.6 Å². The van der Waals surface area contributed by atoms with Gasteiger partial charge in [-0.25, -0.2) is 0 Å². The smallest absolute Gasteiger partial charge is 0.310 e. The molecule has 4 heteroatoms. The number of esters is 1. The van der Waals surface area contributed by atoms with Crippen molar-refractivity contribution < 1.29 is 19.4 Å². The van der Waals surface area contributed by atoms with E-state index >= 15 is 0 Å². The first-order chi connectivity index (χ1) is 17.6. The number of methoxy groups -OCH3 is 1. The van der Waals surface area contributed by atoms with Crippen molar-refractivity contribution in [2.75, 3.05) is 13.7 Å². The van der Waals surface area contributed by atoms with Crippen LogP contribution >= 0.6 is 0 Å². The van der Waals surface area contributed by atoms with Crippen LogP contribution in [0.3, 0.4) is 0 Å². The number of carbonyl (C=O) groups excluding carboxylic acids is 1. The molecule has 216 valence electrons. The number of aliphatic hydroxyl groups excluding tert-OH is 1. The highest BCUT2D eigenvalue weighted by atomic mass is 16.6. The van der Waals surface area contributed by atoms with Crippen LogP contribution in [0.2, 0.25) is 0 Å². The fraction of sp³-hybridized carbons (Fsp3) is 0.618. The zero-order valence-corrected chi connectivity index (χ0v) is 26.6. The Kier molecular flexibility index (Phi) is 16.4. The molecule has 2 aromatic carbocycles. The molecular weight excluding hydrogens is 472 g/mol. The Hall–Kier alpha value is -2.17. The number of rotatable bonds is 8. The summed E-state index contributed by atoms with van der Waals surface area (Å²) in [5.41, 5.74) is 8.02. The Morgan fingerprint density at radius 2 is 1.32 bits per heavy atom. The summed E-state index contributed by atoms with van der Waals surface area (Å²) in [5, 5.41) is 7.57. The maximum Gasteiger partial charge on any atom is 0.310 e. The Morgan fingerprint density at radius 1 is 0.842 bits per heavy atom. The van der Waals surface area contributed by atoms with Crippen molar-refractivity contribution >= 4 is 5.97 Å². The van der Waals surface area contributed by atoms with Crippen LogP contribution in [0.25, 0.3) is 11.1 Å². The first-order valence-electron chi connectivity index (χ1n) is 14.2. The molecule has 0 aromatic heterocycles. The van der Waals surface area contributed by atoms with Gasteiger partial charge in [-0.2, -0.15) is 0 Å². The van der Waals surface area contributed by atoms with Crippen molar-refractivity contribution in [2.45, 2.75) is 120 Å². The standard InChI is InChI=1S/C28H40O3.C4H10.C2H6O/c1-10-20-11-12-21(13-23(20)17-30-9)22-14-24(18(2)3)26(25(15-22)19(4)5)16-27(29)31-28(6,7)8;1-4(2)3;1-2-3/h11-15,18-19H,10,16-17H2,1-9H3;4H,1-3H3;3H,2H2,1H3. The van der Waals surface area contributed by atoms with Crippen LogP contribution < -0.4 is 0 Å². The van der Waals surface area contributed by atoms with E-state index < -0.39 is 5.60 Å². The number of benzene rings is 2. The number of ether oxygens (including phenoxy) is 2. The van der Waals surface area contributed by atoms with E-state index in [-0.39, 0.29) is 12.6 Å². The maximum atomic E-state index is 12.7. The maximum absolute atomic E-state index is 12.7. The summed E-state index contributed by atoms with van der Waals surface area (Å²) in [6.07, 6.45) is 1.30. The Labute approximate surface area is 234 Å². The van der Waals surface area contributed by atoms with E-state index in [9.17, 15) is 4.79 Å². The van der Waals surface area contributed by atoms with Crippen LogP contribution in [0.1, 0.15) is 123 Å². The molecule has 2 rings (SSSR count). The third-order valence-corrected chi connectivity index (χ3v) is 5.52. The Bertz CT molecular complexity index is 933. The Balaban J connectivity index is 0.00000175. The van der Waals surface area contributed by atoms with Crippen LogP contribution in [0, 0.1) is 5.92 Å². The van der Waals surface area contributed by atoms with Gasteiger partial charge >= 0.3 is 5.97 Å². The molecule has 0 spiro atoms. The summed E-state index contributed by atoms with van der Waals surface area (Å²) in [7, 11) is 1.74. The second kappa shape index (κ2) is 17.4. The lowest BCUT2D eigenvalue weighted by Crippen LogP contribution is -2.25. The molecule has 0 bridgehead atoms. The molecule has 0 aliphatic heterocycles. The van der Waals surface area contributed by atoms with Crippen LogP contribution in [0.4, 0.5) is 0 Å². The van der Waals surface area contributed by atoms with Crippen LogP contribution in [0.5, 0.6) is 0 Å². The van der Waals surface area contributed by atoms with Gasteiger partial charge in [0.1, 0.15) is 5.60 Å². The van der Waals surface area contributed by atoms with E-state index in [0.717, 1.165) is 17.9 Å². The van der Waals surface area contributed by atoms with Crippen molar-refractivity contribution in [3.63, 3.8) is 0 Å². The van der Waals surface area contributed by atoms with Crippen molar-refractivity contribution in [2.24, 2.45) is 5.92 Å². The van der Waals surface area contributed by atoms with Gasteiger partial charge in [0.2, 0.25) is 0 Å². The number of aliphatic hydroxyl groups is 1. The molecule has 0 heterocycles. The summed E-state index contributed by atoms with van der Waals surface area (Å²) in [6, 6.07) is 11.2. The van der Waals surface area contributed by atoms with Crippen LogP contribution in [0.15, 0.2) is 30.3 Å². The lowest BCUT2D eigenvalue weighted by atomic mass is 9.83. The van der Waals surface area contributed by atoms with Gasteiger partial charge in [-0.15, -0.1) is 0 Å². The van der Waals surface area contributed by atoms with E-state index in [4.69, 9.17) is 14.6 Å². The van der Waals surface area contributed by atoms with Gasteiger partial charge in [-0.05, 0) is 96.9 Å². The zero-order valence-electron chi connectivity index (χ0n) is 26.6.